The van der Waals surface area contributed by atoms with Crippen molar-refractivity contribution in [1.82, 2.24) is 0 Å². The van der Waals surface area contributed by atoms with Crippen molar-refractivity contribution in [3.8, 4) is 0 Å². The van der Waals surface area contributed by atoms with Crippen molar-refractivity contribution >= 4 is 53.9 Å². The van der Waals surface area contributed by atoms with E-state index >= 15 is 0 Å². The Morgan fingerprint density at radius 1 is 1.44 bits per heavy atom. The Balaban J connectivity index is 2.99. The second-order valence-electron chi connectivity index (χ2n) is 4.40. The predicted octanol–water partition coefficient (Wildman–Crippen LogP) is 1.49. The van der Waals surface area contributed by atoms with Gasteiger partial charge < -0.3 is 15.6 Å². The fraction of sp³-hybridized carbons (Fsp3) is 1.00. The molecule has 7 heteroatoms. The summed E-state index contributed by atoms with van der Waals surface area (Å²) in [5.41, 5.74) is -0.428. The highest BCUT2D eigenvalue weighted by Crippen LogP contribution is 2.40. The van der Waals surface area contributed by atoms with Gasteiger partial charge in [0.2, 0.25) is 0 Å². The minimum Gasteiger partial charge on any atom is -0.377 e. The van der Waals surface area contributed by atoms with E-state index in [1.807, 2.05) is 53.9 Å². The van der Waals surface area contributed by atoms with Crippen LogP contribution in [0.4, 0.5) is 0 Å². The Bertz CT molecular complexity index is 232. The maximum absolute atomic E-state index is 6.07. The molecule has 16 heavy (non-hydrogen) atoms. The van der Waals surface area contributed by atoms with Crippen LogP contribution >= 0.6 is 46.0 Å². The lowest BCUT2D eigenvalue weighted by molar-refractivity contribution is -0.100. The van der Waals surface area contributed by atoms with Gasteiger partial charge in [0.15, 0.2) is 0 Å². The lowest BCUT2D eigenvalue weighted by Crippen LogP contribution is -2.51. The van der Waals surface area contributed by atoms with Gasteiger partial charge in [-0.05, 0) is 5.92 Å². The summed E-state index contributed by atoms with van der Waals surface area (Å²) in [5.74, 6) is 0.296. The second-order valence-corrected chi connectivity index (χ2v) is 5.53. The van der Waals surface area contributed by atoms with Crippen molar-refractivity contribution < 1.29 is 15.6 Å². The summed E-state index contributed by atoms with van der Waals surface area (Å²) in [4.78, 5) is 0. The van der Waals surface area contributed by atoms with Gasteiger partial charge in [-0.25, -0.2) is 0 Å². The van der Waals surface area contributed by atoms with Crippen LogP contribution in [0.5, 0.6) is 0 Å². The van der Waals surface area contributed by atoms with E-state index in [1.54, 1.807) is 7.11 Å². The molecule has 0 unspecified atom stereocenters. The van der Waals surface area contributed by atoms with E-state index in [9.17, 15) is 0 Å². The average Bonchev–Trinajstić information content (AvgIpc) is 2.51. The summed E-state index contributed by atoms with van der Waals surface area (Å²) >= 11 is 3.81. The normalized spacial score (nSPS) is 39.5. The zero-order valence-corrected chi connectivity index (χ0v) is 14.2. The van der Waals surface area contributed by atoms with Crippen molar-refractivity contribution in [3.05, 3.63) is 0 Å². The highest BCUT2D eigenvalue weighted by atomic mass is 127. The van der Waals surface area contributed by atoms with E-state index < -0.39 is 5.60 Å². The summed E-state index contributed by atoms with van der Waals surface area (Å²) in [7, 11) is 3.70. The SMILES string of the molecule is B[C@@H]1O[C@@](COI)(C(C)C)[C@@H](OI)[C@H]1OC. The van der Waals surface area contributed by atoms with Crippen molar-refractivity contribution in [1.29, 1.82) is 0 Å². The maximum Gasteiger partial charge on any atom is 0.142 e. The molecule has 0 bridgehead atoms. The van der Waals surface area contributed by atoms with Crippen molar-refractivity contribution in [2.24, 2.45) is 5.92 Å². The van der Waals surface area contributed by atoms with Gasteiger partial charge in [0.1, 0.15) is 71.7 Å². The highest BCUT2D eigenvalue weighted by Gasteiger charge is 2.56. The van der Waals surface area contributed by atoms with Crippen molar-refractivity contribution in [2.45, 2.75) is 37.7 Å². The molecular weight excluding hydrogens is 437 g/mol. The molecule has 0 aromatic carbocycles. The first-order chi connectivity index (χ1) is 7.53. The molecule has 1 fully saturated rings. The Labute approximate surface area is 126 Å². The molecule has 4 nitrogen and oxygen atoms in total. The van der Waals surface area contributed by atoms with Crippen LogP contribution in [0.2, 0.25) is 0 Å². The first-order valence-electron chi connectivity index (χ1n) is 5.25. The first kappa shape index (κ1) is 15.4. The molecule has 0 saturated carbocycles. The molecule has 0 radical (unpaired) electrons. The zero-order valence-electron chi connectivity index (χ0n) is 9.91. The third-order valence-corrected chi connectivity index (χ3v) is 4.13. The summed E-state index contributed by atoms with van der Waals surface area (Å²) in [6.45, 7) is 4.73. The number of hydrogen-bond donors (Lipinski definition) is 0. The van der Waals surface area contributed by atoms with Gasteiger partial charge in [-0.1, -0.05) is 13.8 Å². The van der Waals surface area contributed by atoms with Crippen LogP contribution in [-0.2, 0) is 15.6 Å². The molecule has 1 rings (SSSR count). The highest BCUT2D eigenvalue weighted by molar-refractivity contribution is 14.1. The molecule has 0 amide bonds. The molecule has 0 aliphatic carbocycles. The number of hydrogen-bond acceptors (Lipinski definition) is 4. The molecule has 1 aliphatic rings. The van der Waals surface area contributed by atoms with E-state index in [-0.39, 0.29) is 18.2 Å². The molecular formula is C9H17BI2O4. The fourth-order valence-electron chi connectivity index (χ4n) is 2.28. The van der Waals surface area contributed by atoms with Crippen LogP contribution in [0.1, 0.15) is 13.8 Å². The maximum atomic E-state index is 6.07. The lowest BCUT2D eigenvalue weighted by atomic mass is 9.83. The number of methoxy groups -OCH3 is 1. The van der Waals surface area contributed by atoms with Crippen molar-refractivity contribution in [2.75, 3.05) is 13.7 Å². The quantitative estimate of drug-likeness (QED) is 0.467. The van der Waals surface area contributed by atoms with Gasteiger partial charge >= 0.3 is 0 Å². The summed E-state index contributed by atoms with van der Waals surface area (Å²) in [6, 6.07) is 0.0127. The van der Waals surface area contributed by atoms with E-state index in [2.05, 4.69) is 13.8 Å². The summed E-state index contributed by atoms with van der Waals surface area (Å²) in [5, 5.41) is 0. The van der Waals surface area contributed by atoms with Crippen LogP contribution in [0.15, 0.2) is 0 Å². The van der Waals surface area contributed by atoms with Gasteiger partial charge in [-0.15, -0.1) is 0 Å². The molecule has 4 atom stereocenters. The van der Waals surface area contributed by atoms with Gasteiger partial charge in [0, 0.05) is 7.11 Å². The van der Waals surface area contributed by atoms with E-state index in [4.69, 9.17) is 15.6 Å². The molecule has 94 valence electrons. The Morgan fingerprint density at radius 2 is 2.06 bits per heavy atom. The van der Waals surface area contributed by atoms with Crippen LogP contribution in [-0.4, -0.2) is 45.4 Å². The minimum atomic E-state index is -0.428. The van der Waals surface area contributed by atoms with Crippen LogP contribution in [0.25, 0.3) is 0 Å². The van der Waals surface area contributed by atoms with E-state index in [0.717, 1.165) is 0 Å². The van der Waals surface area contributed by atoms with Gasteiger partial charge in [0.25, 0.3) is 0 Å². The average molecular weight is 454 g/mol. The Morgan fingerprint density at radius 3 is 2.44 bits per heavy atom. The second kappa shape index (κ2) is 6.51. The van der Waals surface area contributed by atoms with E-state index in [0.29, 0.717) is 12.5 Å². The Hall–Kier alpha value is 1.36. The van der Waals surface area contributed by atoms with Gasteiger partial charge in [-0.2, -0.15) is 0 Å². The van der Waals surface area contributed by atoms with Crippen LogP contribution in [0, 0.1) is 5.92 Å². The standard InChI is InChI=1S/C9H17BI2O4/c1-5(2)9(4-14-11)7(16-12)6(13-3)8(10)15-9/h5-8H,4,10H2,1-3H3/t6-,7+,8-,9+/m1/s1. The van der Waals surface area contributed by atoms with E-state index in [1.165, 1.54) is 0 Å². The molecule has 0 aromatic heterocycles. The minimum absolute atomic E-state index is 0.0127. The fourth-order valence-corrected chi connectivity index (χ4v) is 3.48. The monoisotopic (exact) mass is 454 g/mol. The smallest absolute Gasteiger partial charge is 0.142 e. The largest absolute Gasteiger partial charge is 0.377 e. The molecule has 1 heterocycles. The number of halogens is 2. The molecule has 1 aliphatic heterocycles. The number of ether oxygens (including phenoxy) is 2. The third kappa shape index (κ3) is 2.68. The first-order valence-corrected chi connectivity index (χ1v) is 7.01. The number of rotatable bonds is 5. The molecule has 1 saturated heterocycles. The molecule has 0 aromatic rings. The Kier molecular flexibility index (Phi) is 6.27. The predicted molar refractivity (Wildman–Crippen MR) is 80.6 cm³/mol. The van der Waals surface area contributed by atoms with Crippen LogP contribution in [0.3, 0.4) is 0 Å². The summed E-state index contributed by atoms with van der Waals surface area (Å²) < 4.78 is 22.4. The zero-order chi connectivity index (χ0) is 12.3. The third-order valence-electron chi connectivity index (χ3n) is 3.27. The van der Waals surface area contributed by atoms with Gasteiger partial charge in [-0.3, -0.25) is 0 Å². The molecule has 0 N–H and O–H groups in total. The molecule has 0 spiro atoms. The van der Waals surface area contributed by atoms with Crippen LogP contribution < -0.4 is 0 Å². The lowest BCUT2D eigenvalue weighted by Gasteiger charge is -2.36. The summed E-state index contributed by atoms with van der Waals surface area (Å²) in [6.07, 6.45) is -0.159. The van der Waals surface area contributed by atoms with Gasteiger partial charge in [0.05, 0.1) is 12.6 Å². The van der Waals surface area contributed by atoms with Crippen molar-refractivity contribution in [3.63, 3.8) is 0 Å². The topological polar surface area (TPSA) is 36.9 Å².